The largest absolute Gasteiger partial charge is 0.290 e. The summed E-state index contributed by atoms with van der Waals surface area (Å²) in [6.07, 6.45) is 9.62. The van der Waals surface area contributed by atoms with Crippen LogP contribution in [0.3, 0.4) is 0 Å². The number of aromatic nitrogens is 2. The first-order chi connectivity index (χ1) is 15.2. The maximum atomic E-state index is 13.3. The highest BCUT2D eigenvalue weighted by molar-refractivity contribution is 8.26. The molecule has 156 valence electrons. The number of thioether (sulfide) groups is 1. The van der Waals surface area contributed by atoms with Gasteiger partial charge in [-0.15, -0.1) is 0 Å². The molecule has 1 aliphatic heterocycles. The van der Waals surface area contributed by atoms with Crippen LogP contribution in [0.1, 0.15) is 37.7 Å². The summed E-state index contributed by atoms with van der Waals surface area (Å²) in [6.45, 7) is 0. The Labute approximate surface area is 192 Å². The van der Waals surface area contributed by atoms with Crippen molar-refractivity contribution < 1.29 is 4.79 Å². The van der Waals surface area contributed by atoms with E-state index in [0.29, 0.717) is 9.23 Å². The van der Waals surface area contributed by atoms with Gasteiger partial charge >= 0.3 is 0 Å². The zero-order chi connectivity index (χ0) is 21.2. The summed E-state index contributed by atoms with van der Waals surface area (Å²) in [6, 6.07) is 20.4. The van der Waals surface area contributed by atoms with E-state index < -0.39 is 0 Å². The Hall–Kier alpha value is -2.70. The Bertz CT molecular complexity index is 1130. The van der Waals surface area contributed by atoms with Crippen molar-refractivity contribution in [2.24, 2.45) is 0 Å². The van der Waals surface area contributed by atoms with Crippen molar-refractivity contribution in [2.45, 2.75) is 38.1 Å². The minimum atomic E-state index is 0.0355. The van der Waals surface area contributed by atoms with Crippen LogP contribution in [0.5, 0.6) is 0 Å². The maximum absolute atomic E-state index is 13.3. The molecule has 1 aliphatic carbocycles. The van der Waals surface area contributed by atoms with E-state index in [0.717, 1.165) is 35.3 Å². The number of benzene rings is 2. The number of hydrogen-bond acceptors (Lipinski definition) is 4. The molecule has 0 spiro atoms. The fraction of sp³-hybridized carbons (Fsp3) is 0.240. The van der Waals surface area contributed by atoms with Crippen molar-refractivity contribution >= 4 is 40.3 Å². The average molecular weight is 446 g/mol. The summed E-state index contributed by atoms with van der Waals surface area (Å²) in [5, 5.41) is 4.85. The molecule has 1 aromatic heterocycles. The molecule has 2 heterocycles. The van der Waals surface area contributed by atoms with Crippen molar-refractivity contribution in [3.63, 3.8) is 0 Å². The number of carbonyl (C=O) groups excluding carboxylic acids is 1. The second kappa shape index (κ2) is 8.81. The van der Waals surface area contributed by atoms with E-state index in [4.69, 9.17) is 17.3 Å². The SMILES string of the molecule is O=C1C(=Cc2cn(-c3ccccc3)nc2-c2ccccc2)SC(=S)N1C1CCCCC1. The number of thiocarbonyl (C=S) groups is 1. The highest BCUT2D eigenvalue weighted by Gasteiger charge is 2.37. The van der Waals surface area contributed by atoms with Gasteiger partial charge in [-0.3, -0.25) is 9.69 Å². The lowest BCUT2D eigenvalue weighted by atomic mass is 9.94. The van der Waals surface area contributed by atoms with Crippen LogP contribution >= 0.6 is 24.0 Å². The predicted octanol–water partition coefficient (Wildman–Crippen LogP) is 6.07. The third-order valence-corrected chi connectivity index (χ3v) is 7.19. The molecule has 2 aromatic carbocycles. The molecule has 31 heavy (non-hydrogen) atoms. The predicted molar refractivity (Wildman–Crippen MR) is 131 cm³/mol. The van der Waals surface area contributed by atoms with E-state index in [9.17, 15) is 4.79 Å². The highest BCUT2D eigenvalue weighted by Crippen LogP contribution is 2.38. The second-order valence-electron chi connectivity index (χ2n) is 7.92. The number of amides is 1. The number of nitrogens with zero attached hydrogens (tertiary/aromatic N) is 3. The van der Waals surface area contributed by atoms with E-state index >= 15 is 0 Å². The Morgan fingerprint density at radius 3 is 2.35 bits per heavy atom. The standard InChI is InChI=1S/C25H23N3OS2/c29-24-22(31-25(30)28(24)21-14-8-3-9-15-21)16-19-17-27(20-12-6-2-7-13-20)26-23(19)18-10-4-1-5-11-18/h1-2,4-7,10-13,16-17,21H,3,8-9,14-15H2. The summed E-state index contributed by atoms with van der Waals surface area (Å²) in [7, 11) is 0. The van der Waals surface area contributed by atoms with Crippen LogP contribution in [-0.2, 0) is 4.79 Å². The van der Waals surface area contributed by atoms with E-state index in [1.54, 1.807) is 0 Å². The fourth-order valence-corrected chi connectivity index (χ4v) is 5.69. The van der Waals surface area contributed by atoms with Gasteiger partial charge in [0.1, 0.15) is 4.32 Å². The molecule has 6 heteroatoms. The molecular weight excluding hydrogens is 422 g/mol. The first-order valence-electron chi connectivity index (χ1n) is 10.7. The Morgan fingerprint density at radius 1 is 0.968 bits per heavy atom. The molecule has 0 radical (unpaired) electrons. The maximum Gasteiger partial charge on any atom is 0.266 e. The first kappa shape index (κ1) is 20.2. The van der Waals surface area contributed by atoms with Crippen LogP contribution in [0.2, 0.25) is 0 Å². The van der Waals surface area contributed by atoms with Gasteiger partial charge in [-0.1, -0.05) is 91.8 Å². The second-order valence-corrected chi connectivity index (χ2v) is 9.60. The summed E-state index contributed by atoms with van der Waals surface area (Å²) in [4.78, 5) is 15.8. The number of para-hydroxylation sites is 1. The summed E-state index contributed by atoms with van der Waals surface area (Å²) in [5.41, 5.74) is 3.77. The number of hydrogen-bond donors (Lipinski definition) is 0. The topological polar surface area (TPSA) is 38.1 Å². The van der Waals surface area contributed by atoms with Gasteiger partial charge in [0.15, 0.2) is 0 Å². The normalized spacial score (nSPS) is 18.8. The first-order valence-corrected chi connectivity index (χ1v) is 11.9. The molecule has 0 bridgehead atoms. The van der Waals surface area contributed by atoms with Crippen molar-refractivity contribution in [1.82, 2.24) is 14.7 Å². The Balaban J connectivity index is 1.53. The minimum Gasteiger partial charge on any atom is -0.290 e. The van der Waals surface area contributed by atoms with E-state index in [2.05, 4.69) is 0 Å². The Morgan fingerprint density at radius 2 is 1.65 bits per heavy atom. The molecule has 1 amide bonds. The van der Waals surface area contributed by atoms with Gasteiger partial charge in [-0.05, 0) is 31.1 Å². The number of carbonyl (C=O) groups is 1. The molecule has 4 nitrogen and oxygen atoms in total. The lowest BCUT2D eigenvalue weighted by Crippen LogP contribution is -2.39. The van der Waals surface area contributed by atoms with Crippen LogP contribution in [0.4, 0.5) is 0 Å². The molecule has 0 N–H and O–H groups in total. The Kier molecular flexibility index (Phi) is 5.74. The lowest BCUT2D eigenvalue weighted by molar-refractivity contribution is -0.124. The van der Waals surface area contributed by atoms with Gasteiger partial charge in [-0.2, -0.15) is 5.10 Å². The summed E-state index contributed by atoms with van der Waals surface area (Å²) < 4.78 is 2.55. The van der Waals surface area contributed by atoms with Crippen LogP contribution in [0.15, 0.2) is 71.8 Å². The van der Waals surface area contributed by atoms with Crippen molar-refractivity contribution in [3.8, 4) is 16.9 Å². The third kappa shape index (κ3) is 4.10. The smallest absolute Gasteiger partial charge is 0.266 e. The molecule has 5 rings (SSSR count). The number of rotatable bonds is 4. The molecule has 2 aliphatic rings. The summed E-state index contributed by atoms with van der Waals surface area (Å²) in [5.74, 6) is 0.0355. The van der Waals surface area contributed by atoms with Crippen molar-refractivity contribution in [2.75, 3.05) is 0 Å². The molecule has 0 atom stereocenters. The van der Waals surface area contributed by atoms with E-state index in [-0.39, 0.29) is 11.9 Å². The molecule has 1 saturated carbocycles. The quantitative estimate of drug-likeness (QED) is 0.361. The zero-order valence-electron chi connectivity index (χ0n) is 17.1. The van der Waals surface area contributed by atoms with Crippen LogP contribution in [-0.4, -0.2) is 30.9 Å². The third-order valence-electron chi connectivity index (χ3n) is 5.86. The fourth-order valence-electron chi connectivity index (χ4n) is 4.30. The molecule has 1 saturated heterocycles. The van der Waals surface area contributed by atoms with Gasteiger partial charge in [0, 0.05) is 23.4 Å². The zero-order valence-corrected chi connectivity index (χ0v) is 18.7. The molecule has 0 unspecified atom stereocenters. The van der Waals surface area contributed by atoms with Gasteiger partial charge in [0.25, 0.3) is 5.91 Å². The van der Waals surface area contributed by atoms with Crippen LogP contribution < -0.4 is 0 Å². The van der Waals surface area contributed by atoms with Gasteiger partial charge in [0.05, 0.1) is 16.3 Å². The molecule has 2 fully saturated rings. The van der Waals surface area contributed by atoms with Crippen molar-refractivity contribution in [3.05, 3.63) is 77.3 Å². The molecular formula is C25H23N3OS2. The minimum absolute atomic E-state index is 0.0355. The van der Waals surface area contributed by atoms with Crippen LogP contribution in [0, 0.1) is 0 Å². The van der Waals surface area contributed by atoms with Gasteiger partial charge < -0.3 is 0 Å². The van der Waals surface area contributed by atoms with E-state index in [1.807, 2.05) is 82.5 Å². The summed E-state index contributed by atoms with van der Waals surface area (Å²) >= 11 is 7.02. The highest BCUT2D eigenvalue weighted by atomic mass is 32.2. The van der Waals surface area contributed by atoms with E-state index in [1.165, 1.54) is 31.0 Å². The van der Waals surface area contributed by atoms with Gasteiger partial charge in [0.2, 0.25) is 0 Å². The van der Waals surface area contributed by atoms with Crippen LogP contribution in [0.25, 0.3) is 23.0 Å². The van der Waals surface area contributed by atoms with Gasteiger partial charge in [-0.25, -0.2) is 4.68 Å². The monoisotopic (exact) mass is 445 g/mol. The molecule has 3 aromatic rings. The lowest BCUT2D eigenvalue weighted by Gasteiger charge is -2.29. The van der Waals surface area contributed by atoms with Crippen molar-refractivity contribution in [1.29, 1.82) is 0 Å². The average Bonchev–Trinajstić information content (AvgIpc) is 3.36.